The highest BCUT2D eigenvalue weighted by molar-refractivity contribution is 8.20. The number of para-hydroxylation sites is 2. The topological polar surface area (TPSA) is 35.9 Å². The highest BCUT2D eigenvalue weighted by Gasteiger charge is 2.39. The second-order valence-corrected chi connectivity index (χ2v) is 9.08. The van der Waals surface area contributed by atoms with E-state index in [0.29, 0.717) is 10.1 Å². The fourth-order valence-electron chi connectivity index (χ4n) is 3.49. The Bertz CT molecular complexity index is 1200. The van der Waals surface area contributed by atoms with Gasteiger partial charge >= 0.3 is 0 Å². The Balaban J connectivity index is 1.62. The van der Waals surface area contributed by atoms with Crippen molar-refractivity contribution in [3.63, 3.8) is 0 Å². The van der Waals surface area contributed by atoms with Crippen LogP contribution in [0.25, 0.3) is 0 Å². The lowest BCUT2D eigenvalue weighted by atomic mass is 10.2. The van der Waals surface area contributed by atoms with Crippen LogP contribution in [-0.2, 0) is 4.79 Å². The first-order valence-corrected chi connectivity index (χ1v) is 11.2. The highest BCUT2D eigenvalue weighted by atomic mass is 32.2. The van der Waals surface area contributed by atoms with E-state index in [4.69, 9.17) is 4.99 Å². The standard InChI is InChI=1S/C24H19N3OS2/c1-16-9-8-10-17(15-16)25-24-27(18-11-4-3-5-12-18)22(28)21(30-24)23-26(2)19-13-6-7-14-20(19)29-23/h3-15H,1-2H3. The molecule has 0 unspecified atom stereocenters. The molecule has 0 atom stereocenters. The van der Waals surface area contributed by atoms with Crippen LogP contribution in [-0.4, -0.2) is 18.1 Å². The van der Waals surface area contributed by atoms with Crippen LogP contribution in [0.3, 0.4) is 0 Å². The van der Waals surface area contributed by atoms with Crippen LogP contribution in [0.4, 0.5) is 17.1 Å². The van der Waals surface area contributed by atoms with Crippen molar-refractivity contribution in [1.29, 1.82) is 0 Å². The van der Waals surface area contributed by atoms with Crippen molar-refractivity contribution in [2.24, 2.45) is 4.99 Å². The molecule has 148 valence electrons. The molecule has 6 heteroatoms. The summed E-state index contributed by atoms with van der Waals surface area (Å²) in [4.78, 5) is 24.1. The molecule has 2 aliphatic heterocycles. The number of amides is 1. The molecule has 0 N–H and O–H groups in total. The summed E-state index contributed by atoms with van der Waals surface area (Å²) >= 11 is 3.07. The van der Waals surface area contributed by atoms with Crippen LogP contribution >= 0.6 is 23.5 Å². The van der Waals surface area contributed by atoms with Crippen molar-refractivity contribution in [3.05, 3.63) is 94.4 Å². The van der Waals surface area contributed by atoms with E-state index < -0.39 is 0 Å². The number of fused-ring (bicyclic) bond motifs is 1. The zero-order valence-electron chi connectivity index (χ0n) is 16.6. The Kier molecular flexibility index (Phi) is 4.89. The zero-order valence-corrected chi connectivity index (χ0v) is 18.2. The maximum Gasteiger partial charge on any atom is 0.274 e. The van der Waals surface area contributed by atoms with E-state index in [1.54, 1.807) is 16.7 Å². The summed E-state index contributed by atoms with van der Waals surface area (Å²) in [5, 5.41) is 1.62. The molecule has 30 heavy (non-hydrogen) atoms. The maximum absolute atomic E-state index is 13.6. The Morgan fingerprint density at radius 2 is 1.63 bits per heavy atom. The molecule has 2 heterocycles. The first-order valence-electron chi connectivity index (χ1n) is 9.59. The molecule has 3 aromatic rings. The lowest BCUT2D eigenvalue weighted by Gasteiger charge is -2.16. The van der Waals surface area contributed by atoms with Crippen molar-refractivity contribution >= 4 is 51.7 Å². The summed E-state index contributed by atoms with van der Waals surface area (Å²) in [6.45, 7) is 2.04. The van der Waals surface area contributed by atoms with Crippen molar-refractivity contribution in [2.75, 3.05) is 16.8 Å². The van der Waals surface area contributed by atoms with Crippen molar-refractivity contribution in [3.8, 4) is 0 Å². The van der Waals surface area contributed by atoms with Crippen molar-refractivity contribution < 1.29 is 4.79 Å². The zero-order chi connectivity index (χ0) is 20.7. The van der Waals surface area contributed by atoms with Gasteiger partial charge in [0.25, 0.3) is 5.91 Å². The van der Waals surface area contributed by atoms with Crippen LogP contribution in [0.15, 0.2) is 98.7 Å². The number of aliphatic imine (C=N–C) groups is 1. The number of aryl methyl sites for hydroxylation is 1. The smallest absolute Gasteiger partial charge is 0.274 e. The molecule has 0 saturated carbocycles. The van der Waals surface area contributed by atoms with E-state index in [9.17, 15) is 4.79 Å². The van der Waals surface area contributed by atoms with Gasteiger partial charge in [-0.3, -0.25) is 9.69 Å². The average Bonchev–Trinajstić information content (AvgIpc) is 3.25. The molecule has 3 aromatic carbocycles. The molecule has 0 aromatic heterocycles. The molecule has 1 amide bonds. The number of nitrogens with zero attached hydrogens (tertiary/aromatic N) is 3. The van der Waals surface area contributed by atoms with Gasteiger partial charge in [0, 0.05) is 11.9 Å². The summed E-state index contributed by atoms with van der Waals surface area (Å²) < 4.78 is 0. The SMILES string of the molecule is Cc1cccc(N=C2SC(=C3Sc4ccccc4N3C)C(=O)N2c2ccccc2)c1. The Labute approximate surface area is 184 Å². The van der Waals surface area contributed by atoms with E-state index >= 15 is 0 Å². The second-order valence-electron chi connectivity index (χ2n) is 7.07. The number of carbonyl (C=O) groups is 1. The largest absolute Gasteiger partial charge is 0.337 e. The number of carbonyl (C=O) groups excluding carboxylic acids is 1. The molecule has 4 nitrogen and oxygen atoms in total. The molecule has 0 radical (unpaired) electrons. The lowest BCUT2D eigenvalue weighted by molar-refractivity contribution is -0.113. The highest BCUT2D eigenvalue weighted by Crippen LogP contribution is 2.50. The normalized spacial score (nSPS) is 19.7. The summed E-state index contributed by atoms with van der Waals surface area (Å²) in [5.74, 6) is -0.0419. The van der Waals surface area contributed by atoms with E-state index in [2.05, 4.69) is 17.0 Å². The van der Waals surface area contributed by atoms with Crippen molar-refractivity contribution in [1.82, 2.24) is 0 Å². The Morgan fingerprint density at radius 1 is 0.867 bits per heavy atom. The van der Waals surface area contributed by atoms with Crippen LogP contribution in [0.1, 0.15) is 5.56 Å². The fourth-order valence-corrected chi connectivity index (χ4v) is 5.84. The van der Waals surface area contributed by atoms with Gasteiger partial charge in [0.2, 0.25) is 0 Å². The lowest BCUT2D eigenvalue weighted by Crippen LogP contribution is -2.29. The third-order valence-corrected chi connectivity index (χ3v) is 7.35. The molecule has 0 aliphatic carbocycles. The first kappa shape index (κ1) is 19.0. The predicted molar refractivity (Wildman–Crippen MR) is 128 cm³/mol. The molecule has 2 aliphatic rings. The molecule has 0 bridgehead atoms. The van der Waals surface area contributed by atoms with Gasteiger partial charge in [0.15, 0.2) is 5.17 Å². The van der Waals surface area contributed by atoms with Gasteiger partial charge in [0.05, 0.1) is 22.1 Å². The van der Waals surface area contributed by atoms with E-state index in [1.807, 2.05) is 80.7 Å². The Hall–Kier alpha value is -2.96. The molecular formula is C24H19N3OS2. The molecule has 1 fully saturated rings. The number of hydrogen-bond acceptors (Lipinski definition) is 5. The average molecular weight is 430 g/mol. The third kappa shape index (κ3) is 3.32. The first-order chi connectivity index (χ1) is 14.6. The number of rotatable bonds is 2. The summed E-state index contributed by atoms with van der Waals surface area (Å²) in [5.41, 5.74) is 3.92. The van der Waals surface area contributed by atoms with E-state index in [0.717, 1.165) is 32.6 Å². The van der Waals surface area contributed by atoms with Gasteiger partial charge in [0.1, 0.15) is 4.91 Å². The van der Waals surface area contributed by atoms with Gasteiger partial charge < -0.3 is 4.90 Å². The second kappa shape index (κ2) is 7.70. The number of anilines is 2. The number of thioether (sulfide) groups is 2. The maximum atomic E-state index is 13.6. The van der Waals surface area contributed by atoms with Gasteiger partial charge in [-0.25, -0.2) is 4.99 Å². The quantitative estimate of drug-likeness (QED) is 0.456. The van der Waals surface area contributed by atoms with Crippen molar-refractivity contribution in [2.45, 2.75) is 11.8 Å². The van der Waals surface area contributed by atoms with Crippen LogP contribution in [0, 0.1) is 6.92 Å². The summed E-state index contributed by atoms with van der Waals surface area (Å²) in [6, 6.07) is 25.9. The van der Waals surface area contributed by atoms with Gasteiger partial charge in [-0.05, 0) is 60.6 Å². The minimum absolute atomic E-state index is 0.0419. The molecule has 0 spiro atoms. The predicted octanol–water partition coefficient (Wildman–Crippen LogP) is 6.17. The molecule has 5 rings (SSSR count). The minimum atomic E-state index is -0.0419. The summed E-state index contributed by atoms with van der Waals surface area (Å²) in [6.07, 6.45) is 0. The van der Waals surface area contributed by atoms with Crippen LogP contribution in [0.5, 0.6) is 0 Å². The number of amidine groups is 1. The van der Waals surface area contributed by atoms with Crippen LogP contribution in [0.2, 0.25) is 0 Å². The van der Waals surface area contributed by atoms with Gasteiger partial charge in [-0.1, -0.05) is 54.2 Å². The molecule has 1 saturated heterocycles. The minimum Gasteiger partial charge on any atom is -0.337 e. The summed E-state index contributed by atoms with van der Waals surface area (Å²) in [7, 11) is 2.01. The third-order valence-electron chi connectivity index (χ3n) is 4.95. The molecular weight excluding hydrogens is 410 g/mol. The monoisotopic (exact) mass is 429 g/mol. The van der Waals surface area contributed by atoms with Gasteiger partial charge in [-0.2, -0.15) is 0 Å². The van der Waals surface area contributed by atoms with E-state index in [-0.39, 0.29) is 5.91 Å². The fraction of sp³-hybridized carbons (Fsp3) is 0.0833. The number of benzene rings is 3. The van der Waals surface area contributed by atoms with E-state index in [1.165, 1.54) is 11.8 Å². The number of hydrogen-bond donors (Lipinski definition) is 0. The van der Waals surface area contributed by atoms with Gasteiger partial charge in [-0.15, -0.1) is 0 Å². The Morgan fingerprint density at radius 3 is 2.40 bits per heavy atom. The van der Waals surface area contributed by atoms with Crippen LogP contribution < -0.4 is 9.80 Å².